The first-order valence-corrected chi connectivity index (χ1v) is 23.0. The van der Waals surface area contributed by atoms with Crippen LogP contribution in [0, 0.1) is 0 Å². The van der Waals surface area contributed by atoms with Crippen molar-refractivity contribution >= 4 is 49.6 Å². The largest absolute Gasteiger partial charge is 0.232 e. The molecule has 0 bridgehead atoms. The minimum Gasteiger partial charge on any atom is -0.232 e. The predicted molar refractivity (Wildman–Crippen MR) is 275 cm³/mol. The molecule has 65 heavy (non-hydrogen) atoms. The molecule has 0 amide bonds. The highest BCUT2D eigenvalue weighted by Crippen LogP contribution is 2.45. The number of benzene rings is 10. The van der Waals surface area contributed by atoms with E-state index in [-0.39, 0.29) is 0 Å². The minimum absolute atomic E-state index is 0.296. The van der Waals surface area contributed by atoms with E-state index < -0.39 is 0 Å². The van der Waals surface area contributed by atoms with Gasteiger partial charge in [0.15, 0.2) is 5.84 Å². The normalized spacial score (nSPS) is 15.0. The summed E-state index contributed by atoms with van der Waals surface area (Å²) in [6.45, 7) is 0. The summed E-state index contributed by atoms with van der Waals surface area (Å²) >= 11 is 0. The second kappa shape index (κ2) is 16.6. The van der Waals surface area contributed by atoms with E-state index in [2.05, 4.69) is 224 Å². The van der Waals surface area contributed by atoms with Crippen molar-refractivity contribution in [1.82, 2.24) is 0 Å². The Labute approximate surface area is 380 Å². The van der Waals surface area contributed by atoms with E-state index >= 15 is 0 Å². The number of aliphatic imine (C=N–C) groups is 2. The van der Waals surface area contributed by atoms with Gasteiger partial charge in [-0.05, 0) is 126 Å². The number of hydrogen-bond acceptors (Lipinski definition) is 2. The van der Waals surface area contributed by atoms with Gasteiger partial charge in [-0.25, -0.2) is 9.98 Å². The lowest BCUT2D eigenvalue weighted by Crippen LogP contribution is -2.09. The SMILES string of the molecule is C1=C(c2cccc3c4ccccc4c4cc(-c5ccc6c(c5)-c5ccccc5CCC6c5ccc(-c6ccccc6)cc5)ccc4c23)N=C(c2ccccc2)N=C(c2ccccc2)CC1. The van der Waals surface area contributed by atoms with Gasteiger partial charge in [0.25, 0.3) is 0 Å². The Morgan fingerprint density at radius 3 is 1.74 bits per heavy atom. The molecule has 2 heteroatoms. The minimum atomic E-state index is 0.296. The smallest absolute Gasteiger partial charge is 0.160 e. The molecule has 0 fully saturated rings. The van der Waals surface area contributed by atoms with Crippen molar-refractivity contribution in [2.45, 2.75) is 31.6 Å². The van der Waals surface area contributed by atoms with Gasteiger partial charge < -0.3 is 0 Å². The van der Waals surface area contributed by atoms with E-state index in [9.17, 15) is 0 Å². The number of nitrogens with zero attached hydrogens (tertiary/aromatic N) is 2. The lowest BCUT2D eigenvalue weighted by atomic mass is 9.83. The number of fused-ring (bicyclic) bond motifs is 9. The van der Waals surface area contributed by atoms with E-state index in [1.165, 1.54) is 82.4 Å². The first-order chi connectivity index (χ1) is 32.2. The summed E-state index contributed by atoms with van der Waals surface area (Å²) in [4.78, 5) is 10.8. The molecule has 0 spiro atoms. The fourth-order valence-electron chi connectivity index (χ4n) is 10.5. The van der Waals surface area contributed by atoms with Crippen LogP contribution in [-0.4, -0.2) is 11.5 Å². The van der Waals surface area contributed by atoms with E-state index in [1.54, 1.807) is 0 Å². The molecule has 1 heterocycles. The highest BCUT2D eigenvalue weighted by Gasteiger charge is 2.25. The molecular formula is C63H46N2. The molecule has 0 saturated heterocycles. The van der Waals surface area contributed by atoms with Crippen LogP contribution in [0.3, 0.4) is 0 Å². The maximum Gasteiger partial charge on any atom is 0.160 e. The molecular weight excluding hydrogens is 785 g/mol. The van der Waals surface area contributed by atoms with Gasteiger partial charge >= 0.3 is 0 Å². The van der Waals surface area contributed by atoms with Crippen molar-refractivity contribution in [2.75, 3.05) is 0 Å². The Morgan fingerprint density at radius 1 is 0.369 bits per heavy atom. The van der Waals surface area contributed by atoms with Crippen molar-refractivity contribution in [2.24, 2.45) is 9.98 Å². The Balaban J connectivity index is 0.999. The molecule has 0 radical (unpaired) electrons. The van der Waals surface area contributed by atoms with Gasteiger partial charge in [0, 0.05) is 17.0 Å². The summed E-state index contributed by atoms with van der Waals surface area (Å²) in [6, 6.07) is 79.9. The van der Waals surface area contributed by atoms with Gasteiger partial charge in [-0.2, -0.15) is 0 Å². The topological polar surface area (TPSA) is 24.7 Å². The third-order valence-corrected chi connectivity index (χ3v) is 13.7. The van der Waals surface area contributed by atoms with Crippen LogP contribution in [-0.2, 0) is 6.42 Å². The maximum absolute atomic E-state index is 5.46. The van der Waals surface area contributed by atoms with Crippen LogP contribution in [0.25, 0.3) is 71.4 Å². The number of allylic oxidation sites excluding steroid dienone is 1. The average Bonchev–Trinajstić information content (AvgIpc) is 3.54. The number of hydrogen-bond donors (Lipinski definition) is 0. The third kappa shape index (κ3) is 7.18. The molecule has 10 aromatic carbocycles. The van der Waals surface area contributed by atoms with E-state index in [0.717, 1.165) is 59.6 Å². The quantitative estimate of drug-likeness (QED) is 0.149. The van der Waals surface area contributed by atoms with Crippen LogP contribution in [0.1, 0.15) is 58.6 Å². The van der Waals surface area contributed by atoms with Crippen LogP contribution < -0.4 is 0 Å². The van der Waals surface area contributed by atoms with Crippen LogP contribution >= 0.6 is 0 Å². The summed E-state index contributed by atoms with van der Waals surface area (Å²) in [5.41, 5.74) is 17.1. The fourth-order valence-corrected chi connectivity index (χ4v) is 10.5. The first-order valence-electron chi connectivity index (χ1n) is 23.0. The van der Waals surface area contributed by atoms with Gasteiger partial charge in [0.1, 0.15) is 0 Å². The molecule has 2 nitrogen and oxygen atoms in total. The summed E-state index contributed by atoms with van der Waals surface area (Å²) in [5.74, 6) is 1.03. The molecule has 0 saturated carbocycles. The van der Waals surface area contributed by atoms with Gasteiger partial charge in [-0.15, -0.1) is 0 Å². The van der Waals surface area contributed by atoms with E-state index in [4.69, 9.17) is 9.98 Å². The van der Waals surface area contributed by atoms with Crippen LogP contribution in [0.4, 0.5) is 0 Å². The second-order valence-electron chi connectivity index (χ2n) is 17.4. The maximum atomic E-state index is 5.46. The van der Waals surface area contributed by atoms with Gasteiger partial charge in [-0.3, -0.25) is 0 Å². The van der Waals surface area contributed by atoms with Crippen LogP contribution in [0.5, 0.6) is 0 Å². The molecule has 2 aliphatic rings. The molecule has 0 N–H and O–H groups in total. The molecule has 0 aromatic heterocycles. The summed E-state index contributed by atoms with van der Waals surface area (Å²) in [7, 11) is 0. The number of aryl methyl sites for hydroxylation is 1. The van der Waals surface area contributed by atoms with E-state index in [1.807, 2.05) is 0 Å². The zero-order valence-corrected chi connectivity index (χ0v) is 36.2. The molecule has 1 unspecified atom stereocenters. The standard InChI is InChI=1S/C63H46N2/c1-4-16-42(17-5-1)43-30-32-45(33-31-43)51-37-34-44-18-10-11-23-50(44)58-40-48(35-38-54(51)58)49-36-39-56-59(41-49)53-25-13-12-24-52(53)55-26-14-27-57(62(55)56)61-29-15-28-60(46-19-6-2-7-20-46)64-63(65-61)47-21-8-3-9-22-47/h1-14,16-27,29-33,35-36,38-41,51H,15,28,34,37H2. The lowest BCUT2D eigenvalue weighted by molar-refractivity contribution is 0.726. The van der Waals surface area contributed by atoms with Crippen molar-refractivity contribution in [3.63, 3.8) is 0 Å². The van der Waals surface area contributed by atoms with Crippen LogP contribution in [0.2, 0.25) is 0 Å². The molecule has 10 aromatic rings. The second-order valence-corrected chi connectivity index (χ2v) is 17.4. The Kier molecular flexibility index (Phi) is 9.91. The monoisotopic (exact) mass is 830 g/mol. The Bertz CT molecular complexity index is 3510. The fraction of sp³-hybridized carbons (Fsp3) is 0.0794. The molecule has 12 rings (SSSR count). The zero-order valence-electron chi connectivity index (χ0n) is 36.2. The van der Waals surface area contributed by atoms with E-state index in [0.29, 0.717) is 5.92 Å². The Hall–Kier alpha value is -7.94. The van der Waals surface area contributed by atoms with Crippen molar-refractivity contribution in [1.29, 1.82) is 0 Å². The average molecular weight is 831 g/mol. The van der Waals surface area contributed by atoms with Crippen molar-refractivity contribution < 1.29 is 0 Å². The highest BCUT2D eigenvalue weighted by molar-refractivity contribution is 6.28. The predicted octanol–water partition coefficient (Wildman–Crippen LogP) is 16.3. The number of amidine groups is 1. The van der Waals surface area contributed by atoms with Crippen molar-refractivity contribution in [3.8, 4) is 33.4 Å². The van der Waals surface area contributed by atoms with Gasteiger partial charge in [0.05, 0.1) is 11.4 Å². The third-order valence-electron chi connectivity index (χ3n) is 13.7. The Morgan fingerprint density at radius 2 is 0.954 bits per heavy atom. The zero-order chi connectivity index (χ0) is 43.1. The van der Waals surface area contributed by atoms with Crippen LogP contribution in [0.15, 0.2) is 234 Å². The molecule has 1 atom stereocenters. The highest BCUT2D eigenvalue weighted by atomic mass is 14.9. The lowest BCUT2D eigenvalue weighted by Gasteiger charge is -2.20. The first kappa shape index (κ1) is 38.7. The summed E-state index contributed by atoms with van der Waals surface area (Å²) < 4.78 is 0. The van der Waals surface area contributed by atoms with Gasteiger partial charge in [0.2, 0.25) is 0 Å². The van der Waals surface area contributed by atoms with Crippen molar-refractivity contribution in [3.05, 3.63) is 258 Å². The molecule has 1 aliphatic carbocycles. The molecule has 1 aliphatic heterocycles. The summed E-state index contributed by atoms with van der Waals surface area (Å²) in [5, 5.41) is 7.42. The molecule has 308 valence electrons. The summed E-state index contributed by atoms with van der Waals surface area (Å²) in [6.07, 6.45) is 6.09. The number of rotatable bonds is 6. The van der Waals surface area contributed by atoms with Gasteiger partial charge in [-0.1, -0.05) is 212 Å².